The summed E-state index contributed by atoms with van der Waals surface area (Å²) in [5.74, 6) is 0.790. The minimum absolute atomic E-state index is 0.560. The normalized spacial score (nSPS) is 30.0. The van der Waals surface area contributed by atoms with Gasteiger partial charge in [-0.1, -0.05) is 13.8 Å². The SMILES string of the molecule is CC(C)CCN1CC(C)N(C)CC1CN. The number of piperazine rings is 1. The van der Waals surface area contributed by atoms with Crippen molar-refractivity contribution in [2.24, 2.45) is 11.7 Å². The molecule has 1 saturated heterocycles. The largest absolute Gasteiger partial charge is 0.329 e. The van der Waals surface area contributed by atoms with Crippen LogP contribution in [0.4, 0.5) is 0 Å². The Balaban J connectivity index is 2.45. The number of rotatable bonds is 4. The van der Waals surface area contributed by atoms with Crippen LogP contribution in [0.3, 0.4) is 0 Å². The zero-order valence-corrected chi connectivity index (χ0v) is 10.7. The molecule has 15 heavy (non-hydrogen) atoms. The van der Waals surface area contributed by atoms with Gasteiger partial charge in [-0.15, -0.1) is 0 Å². The maximum atomic E-state index is 5.84. The average molecular weight is 213 g/mol. The Kier molecular flexibility index (Phi) is 5.03. The molecule has 1 aliphatic heterocycles. The lowest BCUT2D eigenvalue weighted by atomic mass is 10.1. The summed E-state index contributed by atoms with van der Waals surface area (Å²) in [6, 6.07) is 1.23. The Labute approximate surface area is 94.6 Å². The van der Waals surface area contributed by atoms with Crippen molar-refractivity contribution in [1.82, 2.24) is 9.80 Å². The van der Waals surface area contributed by atoms with E-state index in [-0.39, 0.29) is 0 Å². The number of nitrogens with zero attached hydrogens (tertiary/aromatic N) is 2. The minimum Gasteiger partial charge on any atom is -0.329 e. The molecule has 1 heterocycles. The Morgan fingerprint density at radius 2 is 2.00 bits per heavy atom. The topological polar surface area (TPSA) is 32.5 Å². The molecule has 0 aromatic rings. The monoisotopic (exact) mass is 213 g/mol. The molecule has 3 nitrogen and oxygen atoms in total. The molecular weight excluding hydrogens is 186 g/mol. The van der Waals surface area contributed by atoms with Gasteiger partial charge in [0.2, 0.25) is 0 Å². The first kappa shape index (κ1) is 12.9. The van der Waals surface area contributed by atoms with Gasteiger partial charge in [-0.05, 0) is 32.9 Å². The van der Waals surface area contributed by atoms with Crippen LogP contribution in [0.15, 0.2) is 0 Å². The summed E-state index contributed by atoms with van der Waals surface area (Å²) in [6.45, 7) is 11.2. The molecular formula is C12H27N3. The van der Waals surface area contributed by atoms with Gasteiger partial charge in [0, 0.05) is 31.7 Å². The second kappa shape index (κ2) is 5.83. The Hall–Kier alpha value is -0.120. The lowest BCUT2D eigenvalue weighted by Gasteiger charge is -2.43. The van der Waals surface area contributed by atoms with Gasteiger partial charge in [0.05, 0.1) is 0 Å². The highest BCUT2D eigenvalue weighted by Crippen LogP contribution is 2.14. The van der Waals surface area contributed by atoms with E-state index >= 15 is 0 Å². The first-order valence-electron chi connectivity index (χ1n) is 6.19. The summed E-state index contributed by atoms with van der Waals surface area (Å²) >= 11 is 0. The van der Waals surface area contributed by atoms with Crippen LogP contribution in [-0.2, 0) is 0 Å². The van der Waals surface area contributed by atoms with Gasteiger partial charge >= 0.3 is 0 Å². The molecule has 0 spiro atoms. The number of nitrogens with two attached hydrogens (primary N) is 1. The molecule has 0 aromatic carbocycles. The molecule has 1 fully saturated rings. The van der Waals surface area contributed by atoms with Crippen molar-refractivity contribution >= 4 is 0 Å². The van der Waals surface area contributed by atoms with Gasteiger partial charge in [-0.2, -0.15) is 0 Å². The summed E-state index contributed by atoms with van der Waals surface area (Å²) < 4.78 is 0. The summed E-state index contributed by atoms with van der Waals surface area (Å²) in [4.78, 5) is 4.99. The van der Waals surface area contributed by atoms with Crippen molar-refractivity contribution < 1.29 is 0 Å². The molecule has 0 saturated carbocycles. The van der Waals surface area contributed by atoms with Crippen LogP contribution in [-0.4, -0.2) is 55.1 Å². The van der Waals surface area contributed by atoms with Crippen LogP contribution < -0.4 is 5.73 Å². The lowest BCUT2D eigenvalue weighted by molar-refractivity contribution is 0.0524. The summed E-state index contributed by atoms with van der Waals surface area (Å²) in [5, 5.41) is 0. The van der Waals surface area contributed by atoms with Crippen LogP contribution in [0.25, 0.3) is 0 Å². The van der Waals surface area contributed by atoms with E-state index in [0.717, 1.165) is 19.0 Å². The average Bonchev–Trinajstić information content (AvgIpc) is 2.19. The van der Waals surface area contributed by atoms with Crippen molar-refractivity contribution in [3.05, 3.63) is 0 Å². The van der Waals surface area contributed by atoms with Crippen molar-refractivity contribution in [2.45, 2.75) is 39.3 Å². The van der Waals surface area contributed by atoms with Crippen LogP contribution >= 0.6 is 0 Å². The minimum atomic E-state index is 0.560. The zero-order valence-electron chi connectivity index (χ0n) is 10.7. The van der Waals surface area contributed by atoms with Gasteiger partial charge in [0.25, 0.3) is 0 Å². The van der Waals surface area contributed by atoms with Gasteiger partial charge in [-0.3, -0.25) is 4.90 Å². The van der Waals surface area contributed by atoms with E-state index in [2.05, 4.69) is 37.6 Å². The highest BCUT2D eigenvalue weighted by molar-refractivity contribution is 4.85. The van der Waals surface area contributed by atoms with Crippen molar-refractivity contribution in [3.63, 3.8) is 0 Å². The molecule has 0 aromatic heterocycles. The van der Waals surface area contributed by atoms with E-state index in [1.54, 1.807) is 0 Å². The molecule has 0 radical (unpaired) electrons. The summed E-state index contributed by atoms with van der Waals surface area (Å²) in [7, 11) is 2.20. The molecule has 90 valence electrons. The maximum Gasteiger partial charge on any atom is 0.0346 e. The molecule has 0 bridgehead atoms. The van der Waals surface area contributed by atoms with E-state index < -0.39 is 0 Å². The van der Waals surface area contributed by atoms with Gasteiger partial charge < -0.3 is 10.6 Å². The summed E-state index contributed by atoms with van der Waals surface area (Å²) in [5.41, 5.74) is 5.84. The van der Waals surface area contributed by atoms with Crippen LogP contribution in [0.5, 0.6) is 0 Å². The van der Waals surface area contributed by atoms with E-state index in [1.165, 1.54) is 19.5 Å². The third-order valence-corrected chi connectivity index (χ3v) is 3.53. The molecule has 2 N–H and O–H groups in total. The molecule has 2 unspecified atom stereocenters. The molecule has 0 amide bonds. The highest BCUT2D eigenvalue weighted by atomic mass is 15.3. The van der Waals surface area contributed by atoms with E-state index in [0.29, 0.717) is 12.1 Å². The zero-order chi connectivity index (χ0) is 11.4. The predicted molar refractivity (Wildman–Crippen MR) is 66.0 cm³/mol. The third kappa shape index (κ3) is 3.74. The highest BCUT2D eigenvalue weighted by Gasteiger charge is 2.28. The fraction of sp³-hybridized carbons (Fsp3) is 1.00. The smallest absolute Gasteiger partial charge is 0.0346 e. The first-order chi connectivity index (χ1) is 7.04. The maximum absolute atomic E-state index is 5.84. The standard InChI is InChI=1S/C12H27N3/c1-10(2)5-6-15-8-11(3)14(4)9-12(15)7-13/h10-12H,5-9,13H2,1-4H3. The van der Waals surface area contributed by atoms with Crippen molar-refractivity contribution in [1.29, 1.82) is 0 Å². The van der Waals surface area contributed by atoms with Crippen LogP contribution in [0, 0.1) is 5.92 Å². The second-order valence-corrected chi connectivity index (χ2v) is 5.36. The Morgan fingerprint density at radius 1 is 1.33 bits per heavy atom. The number of hydrogen-bond donors (Lipinski definition) is 1. The van der Waals surface area contributed by atoms with E-state index in [4.69, 9.17) is 5.73 Å². The molecule has 1 rings (SSSR count). The first-order valence-corrected chi connectivity index (χ1v) is 6.19. The fourth-order valence-electron chi connectivity index (χ4n) is 2.18. The second-order valence-electron chi connectivity index (χ2n) is 5.36. The van der Waals surface area contributed by atoms with E-state index in [9.17, 15) is 0 Å². The van der Waals surface area contributed by atoms with Gasteiger partial charge in [0.1, 0.15) is 0 Å². The number of likely N-dealkylation sites (N-methyl/N-ethyl adjacent to an activating group) is 1. The van der Waals surface area contributed by atoms with E-state index in [1.807, 2.05) is 0 Å². The van der Waals surface area contributed by atoms with Gasteiger partial charge in [-0.25, -0.2) is 0 Å². The fourth-order valence-corrected chi connectivity index (χ4v) is 2.18. The van der Waals surface area contributed by atoms with Crippen molar-refractivity contribution in [2.75, 3.05) is 33.2 Å². The Morgan fingerprint density at radius 3 is 2.53 bits per heavy atom. The van der Waals surface area contributed by atoms with Crippen LogP contribution in [0.1, 0.15) is 27.2 Å². The number of hydrogen-bond acceptors (Lipinski definition) is 3. The van der Waals surface area contributed by atoms with Gasteiger partial charge in [0.15, 0.2) is 0 Å². The van der Waals surface area contributed by atoms with Crippen molar-refractivity contribution in [3.8, 4) is 0 Å². The Bertz CT molecular complexity index is 182. The lowest BCUT2D eigenvalue weighted by Crippen LogP contribution is -2.58. The molecule has 3 heteroatoms. The summed E-state index contributed by atoms with van der Waals surface area (Å²) in [6.07, 6.45) is 1.28. The quantitative estimate of drug-likeness (QED) is 0.756. The third-order valence-electron chi connectivity index (χ3n) is 3.53. The predicted octanol–water partition coefficient (Wildman–Crippen LogP) is 0.996. The molecule has 0 aliphatic carbocycles. The molecule has 2 atom stereocenters. The molecule has 1 aliphatic rings. The van der Waals surface area contributed by atoms with Crippen LogP contribution in [0.2, 0.25) is 0 Å².